The summed E-state index contributed by atoms with van der Waals surface area (Å²) < 4.78 is 26.3. The number of anilines is 2. The number of hydrogen-bond acceptors (Lipinski definition) is 5. The monoisotopic (exact) mass is 292 g/mol. The summed E-state index contributed by atoms with van der Waals surface area (Å²) in [6.45, 7) is 2.51. The van der Waals surface area contributed by atoms with Crippen molar-refractivity contribution in [3.8, 4) is 0 Å². The summed E-state index contributed by atoms with van der Waals surface area (Å²) >= 11 is 0. The van der Waals surface area contributed by atoms with Crippen LogP contribution < -0.4 is 9.62 Å². The van der Waals surface area contributed by atoms with Gasteiger partial charge < -0.3 is 5.32 Å². The fourth-order valence-corrected chi connectivity index (χ4v) is 2.94. The molecule has 2 aromatic rings. The van der Waals surface area contributed by atoms with Gasteiger partial charge in [0.15, 0.2) is 5.03 Å². The van der Waals surface area contributed by atoms with E-state index in [0.29, 0.717) is 18.1 Å². The molecule has 2 aromatic heterocycles. The van der Waals surface area contributed by atoms with Gasteiger partial charge >= 0.3 is 0 Å². The van der Waals surface area contributed by atoms with Crippen LogP contribution in [-0.4, -0.2) is 32.0 Å². The lowest BCUT2D eigenvalue weighted by molar-refractivity contribution is 0.590. The Morgan fingerprint density at radius 3 is 2.55 bits per heavy atom. The second-order valence-corrected chi connectivity index (χ2v) is 5.93. The quantitative estimate of drug-likeness (QED) is 0.908. The molecule has 6 nitrogen and oxygen atoms in total. The SMILES string of the molecule is CCNc1cccnc1S(=O)(=O)N(C)c1ccccn1. The van der Waals surface area contributed by atoms with Crippen LogP contribution in [0.4, 0.5) is 11.5 Å². The van der Waals surface area contributed by atoms with E-state index in [1.807, 2.05) is 6.92 Å². The number of rotatable bonds is 5. The average Bonchev–Trinajstić information content (AvgIpc) is 2.48. The smallest absolute Gasteiger partial charge is 0.284 e. The summed E-state index contributed by atoms with van der Waals surface area (Å²) in [6, 6.07) is 8.48. The predicted octanol–water partition coefficient (Wildman–Crippen LogP) is 1.73. The Bertz CT molecular complexity index is 674. The maximum absolute atomic E-state index is 12.6. The van der Waals surface area contributed by atoms with Crippen molar-refractivity contribution in [2.75, 3.05) is 23.2 Å². The molecule has 0 unspecified atom stereocenters. The number of pyridine rings is 2. The molecule has 0 aliphatic heterocycles. The zero-order chi connectivity index (χ0) is 14.6. The Labute approximate surface area is 118 Å². The number of hydrogen-bond donors (Lipinski definition) is 1. The van der Waals surface area contributed by atoms with Gasteiger partial charge in [0.25, 0.3) is 10.0 Å². The molecule has 0 aliphatic carbocycles. The van der Waals surface area contributed by atoms with Crippen LogP contribution in [0.25, 0.3) is 0 Å². The van der Waals surface area contributed by atoms with Gasteiger partial charge in [-0.1, -0.05) is 6.07 Å². The van der Waals surface area contributed by atoms with Crippen LogP contribution >= 0.6 is 0 Å². The van der Waals surface area contributed by atoms with Crippen molar-refractivity contribution >= 4 is 21.5 Å². The molecule has 0 aliphatic rings. The van der Waals surface area contributed by atoms with Gasteiger partial charge in [0.2, 0.25) is 0 Å². The van der Waals surface area contributed by atoms with Crippen molar-refractivity contribution in [2.45, 2.75) is 11.9 Å². The summed E-state index contributed by atoms with van der Waals surface area (Å²) in [4.78, 5) is 8.04. The number of nitrogens with one attached hydrogen (secondary N) is 1. The minimum absolute atomic E-state index is 0.00463. The summed E-state index contributed by atoms with van der Waals surface area (Å²) in [5, 5.41) is 3.00. The number of aromatic nitrogens is 2. The third kappa shape index (κ3) is 2.72. The van der Waals surface area contributed by atoms with Crippen LogP contribution in [-0.2, 0) is 10.0 Å². The standard InChI is InChI=1S/C13H16N4O2S/c1-3-14-11-7-6-10-16-13(11)20(18,19)17(2)12-8-4-5-9-15-12/h4-10,14H,3H2,1-2H3. The molecule has 0 saturated heterocycles. The van der Waals surface area contributed by atoms with Crippen molar-refractivity contribution < 1.29 is 8.42 Å². The highest BCUT2D eigenvalue weighted by Gasteiger charge is 2.26. The van der Waals surface area contributed by atoms with Gasteiger partial charge in [-0.25, -0.2) is 9.97 Å². The molecule has 2 heterocycles. The summed E-state index contributed by atoms with van der Waals surface area (Å²) in [5.41, 5.74) is 0.484. The average molecular weight is 292 g/mol. The largest absolute Gasteiger partial charge is 0.383 e. The molecular weight excluding hydrogens is 276 g/mol. The first-order chi connectivity index (χ1) is 9.57. The highest BCUT2D eigenvalue weighted by atomic mass is 32.2. The molecule has 7 heteroatoms. The van der Waals surface area contributed by atoms with Gasteiger partial charge in [-0.15, -0.1) is 0 Å². The minimum atomic E-state index is -3.75. The maximum atomic E-state index is 12.6. The molecule has 0 saturated carbocycles. The van der Waals surface area contributed by atoms with E-state index in [-0.39, 0.29) is 5.03 Å². The normalized spacial score (nSPS) is 11.1. The molecule has 0 radical (unpaired) electrons. The van der Waals surface area contributed by atoms with E-state index in [0.717, 1.165) is 4.31 Å². The van der Waals surface area contributed by atoms with E-state index in [4.69, 9.17) is 0 Å². The van der Waals surface area contributed by atoms with Crippen molar-refractivity contribution in [1.82, 2.24) is 9.97 Å². The van der Waals surface area contributed by atoms with E-state index >= 15 is 0 Å². The van der Waals surface area contributed by atoms with Crippen molar-refractivity contribution in [3.63, 3.8) is 0 Å². The topological polar surface area (TPSA) is 75.2 Å². The predicted molar refractivity (Wildman–Crippen MR) is 78.2 cm³/mol. The van der Waals surface area contributed by atoms with Gasteiger partial charge in [-0.3, -0.25) is 4.31 Å². The molecule has 0 amide bonds. The van der Waals surface area contributed by atoms with E-state index in [9.17, 15) is 8.42 Å². The molecule has 0 fully saturated rings. The lowest BCUT2D eigenvalue weighted by atomic mass is 10.4. The van der Waals surface area contributed by atoms with Crippen molar-refractivity contribution in [1.29, 1.82) is 0 Å². The zero-order valence-electron chi connectivity index (χ0n) is 11.3. The van der Waals surface area contributed by atoms with Crippen LogP contribution in [0.1, 0.15) is 6.92 Å². The van der Waals surface area contributed by atoms with E-state index in [1.54, 1.807) is 36.5 Å². The zero-order valence-corrected chi connectivity index (χ0v) is 12.1. The van der Waals surface area contributed by atoms with Crippen LogP contribution in [0, 0.1) is 0 Å². The van der Waals surface area contributed by atoms with Gasteiger partial charge in [0.1, 0.15) is 5.82 Å². The number of nitrogens with zero attached hydrogens (tertiary/aromatic N) is 3. The maximum Gasteiger partial charge on any atom is 0.284 e. The third-order valence-electron chi connectivity index (χ3n) is 2.72. The van der Waals surface area contributed by atoms with Crippen molar-refractivity contribution in [2.24, 2.45) is 0 Å². The molecule has 2 rings (SSSR count). The highest BCUT2D eigenvalue weighted by Crippen LogP contribution is 2.24. The van der Waals surface area contributed by atoms with Gasteiger partial charge in [-0.05, 0) is 31.2 Å². The van der Waals surface area contributed by atoms with Gasteiger partial charge in [0, 0.05) is 26.0 Å². The Morgan fingerprint density at radius 1 is 1.15 bits per heavy atom. The van der Waals surface area contributed by atoms with Crippen LogP contribution in [0.3, 0.4) is 0 Å². The Kier molecular flexibility index (Phi) is 4.19. The van der Waals surface area contributed by atoms with Crippen LogP contribution in [0.15, 0.2) is 47.8 Å². The lowest BCUT2D eigenvalue weighted by Gasteiger charge is -2.19. The Hall–Kier alpha value is -2.15. The van der Waals surface area contributed by atoms with Crippen LogP contribution in [0.2, 0.25) is 0 Å². The van der Waals surface area contributed by atoms with Crippen LogP contribution in [0.5, 0.6) is 0 Å². The second kappa shape index (κ2) is 5.87. The molecular formula is C13H16N4O2S. The first-order valence-electron chi connectivity index (χ1n) is 6.16. The van der Waals surface area contributed by atoms with E-state index in [2.05, 4.69) is 15.3 Å². The minimum Gasteiger partial charge on any atom is -0.383 e. The third-order valence-corrected chi connectivity index (χ3v) is 4.44. The van der Waals surface area contributed by atoms with E-state index in [1.165, 1.54) is 13.2 Å². The molecule has 0 atom stereocenters. The fourth-order valence-electron chi connectivity index (χ4n) is 1.71. The summed E-state index contributed by atoms with van der Waals surface area (Å²) in [7, 11) is -2.29. The first kappa shape index (κ1) is 14.3. The lowest BCUT2D eigenvalue weighted by Crippen LogP contribution is -2.28. The molecule has 20 heavy (non-hydrogen) atoms. The Balaban J connectivity index is 2.45. The fraction of sp³-hybridized carbons (Fsp3) is 0.231. The summed E-state index contributed by atoms with van der Waals surface area (Å²) in [6.07, 6.45) is 3.00. The number of sulfonamides is 1. The molecule has 0 spiro atoms. The first-order valence-corrected chi connectivity index (χ1v) is 7.60. The van der Waals surface area contributed by atoms with Crippen molar-refractivity contribution in [3.05, 3.63) is 42.7 Å². The molecule has 0 bridgehead atoms. The summed E-state index contributed by atoms with van der Waals surface area (Å²) in [5.74, 6) is 0.348. The molecule has 106 valence electrons. The molecule has 1 N–H and O–H groups in total. The highest BCUT2D eigenvalue weighted by molar-refractivity contribution is 7.92. The van der Waals surface area contributed by atoms with Gasteiger partial charge in [0.05, 0.1) is 5.69 Å². The van der Waals surface area contributed by atoms with Gasteiger partial charge in [-0.2, -0.15) is 8.42 Å². The second-order valence-electron chi connectivity index (χ2n) is 4.05. The van der Waals surface area contributed by atoms with E-state index < -0.39 is 10.0 Å². The molecule has 0 aromatic carbocycles. The Morgan fingerprint density at radius 2 is 1.90 bits per heavy atom.